The Kier molecular flexibility index (Phi) is 4.34. The molecule has 1 aliphatic carbocycles. The molecule has 4 heteroatoms. The van der Waals surface area contributed by atoms with Crippen molar-refractivity contribution in [1.82, 2.24) is 5.32 Å². The number of rotatable bonds is 4. The number of carbonyl (C=O) groups excluding carboxylic acids is 2. The van der Waals surface area contributed by atoms with Gasteiger partial charge in [-0.2, -0.15) is 0 Å². The molecule has 0 radical (unpaired) electrons. The molecule has 0 aromatic rings. The first-order valence-electron chi connectivity index (χ1n) is 5.26. The van der Waals surface area contributed by atoms with E-state index in [2.05, 4.69) is 11.9 Å². The topological polar surface area (TPSA) is 69.2 Å². The van der Waals surface area contributed by atoms with Crippen molar-refractivity contribution in [3.63, 3.8) is 0 Å². The van der Waals surface area contributed by atoms with Gasteiger partial charge < -0.3 is 15.2 Å². The lowest BCUT2D eigenvalue weighted by Crippen LogP contribution is -2.44. The summed E-state index contributed by atoms with van der Waals surface area (Å²) in [5, 5.41) is 13.5. The summed E-state index contributed by atoms with van der Waals surface area (Å²) in [5.74, 6) is -2.34. The summed E-state index contributed by atoms with van der Waals surface area (Å²) >= 11 is 0. The van der Waals surface area contributed by atoms with Crippen molar-refractivity contribution in [2.24, 2.45) is 11.8 Å². The highest BCUT2D eigenvalue weighted by molar-refractivity contribution is 5.84. The van der Waals surface area contributed by atoms with E-state index in [1.807, 2.05) is 0 Å². The molecular weight excluding hydrogens is 194 g/mol. The number of carboxylic acid groups (broad SMARTS) is 1. The maximum absolute atomic E-state index is 11.6. The monoisotopic (exact) mass is 210 g/mol. The molecule has 0 aromatic carbocycles. The lowest BCUT2D eigenvalue weighted by atomic mass is 9.79. The molecule has 1 N–H and O–H groups in total. The van der Waals surface area contributed by atoms with Gasteiger partial charge in [0.2, 0.25) is 5.91 Å². The Morgan fingerprint density at radius 1 is 1.33 bits per heavy atom. The highest BCUT2D eigenvalue weighted by Gasteiger charge is 2.31. The Balaban J connectivity index is 2.58. The fourth-order valence-electron chi connectivity index (χ4n) is 2.03. The van der Waals surface area contributed by atoms with E-state index in [0.29, 0.717) is 19.4 Å². The number of carbonyl (C=O) groups is 2. The molecule has 1 fully saturated rings. The SMILES string of the molecule is C=CCNC(=O)[C@@H]1CCCC[C@@H]1C(=O)[O-]. The van der Waals surface area contributed by atoms with Gasteiger partial charge in [0.15, 0.2) is 0 Å². The van der Waals surface area contributed by atoms with E-state index >= 15 is 0 Å². The molecule has 0 unspecified atom stereocenters. The van der Waals surface area contributed by atoms with Crippen molar-refractivity contribution < 1.29 is 14.7 Å². The van der Waals surface area contributed by atoms with Crippen molar-refractivity contribution in [2.45, 2.75) is 25.7 Å². The van der Waals surface area contributed by atoms with Gasteiger partial charge >= 0.3 is 0 Å². The number of hydrogen-bond donors (Lipinski definition) is 1. The predicted molar refractivity (Wildman–Crippen MR) is 53.7 cm³/mol. The van der Waals surface area contributed by atoms with E-state index < -0.39 is 17.8 Å². The summed E-state index contributed by atoms with van der Waals surface area (Å²) in [6.07, 6.45) is 4.55. The maximum atomic E-state index is 11.6. The van der Waals surface area contributed by atoms with E-state index in [-0.39, 0.29) is 5.91 Å². The Bertz CT molecular complexity index is 263. The van der Waals surface area contributed by atoms with Crippen LogP contribution in [0.1, 0.15) is 25.7 Å². The summed E-state index contributed by atoms with van der Waals surface area (Å²) in [6, 6.07) is 0. The van der Waals surface area contributed by atoms with Gasteiger partial charge in [-0.05, 0) is 12.8 Å². The quantitative estimate of drug-likeness (QED) is 0.656. The zero-order chi connectivity index (χ0) is 11.3. The van der Waals surface area contributed by atoms with Crippen LogP contribution in [0.4, 0.5) is 0 Å². The summed E-state index contributed by atoms with van der Waals surface area (Å²) in [4.78, 5) is 22.5. The Morgan fingerprint density at radius 2 is 1.93 bits per heavy atom. The van der Waals surface area contributed by atoms with Gasteiger partial charge in [0, 0.05) is 24.3 Å². The minimum absolute atomic E-state index is 0.191. The first-order chi connectivity index (χ1) is 7.16. The largest absolute Gasteiger partial charge is 0.550 e. The third kappa shape index (κ3) is 3.08. The zero-order valence-electron chi connectivity index (χ0n) is 8.70. The second-order valence-electron chi connectivity index (χ2n) is 3.85. The molecule has 2 atom stereocenters. The van der Waals surface area contributed by atoms with Crippen molar-refractivity contribution in [3.05, 3.63) is 12.7 Å². The van der Waals surface area contributed by atoms with Gasteiger partial charge in [0.05, 0.1) is 0 Å². The summed E-state index contributed by atoms with van der Waals surface area (Å²) in [7, 11) is 0. The van der Waals surface area contributed by atoms with Gasteiger partial charge in [0.1, 0.15) is 0 Å². The van der Waals surface area contributed by atoms with E-state index in [9.17, 15) is 14.7 Å². The van der Waals surface area contributed by atoms with Crippen molar-refractivity contribution in [1.29, 1.82) is 0 Å². The van der Waals surface area contributed by atoms with Crippen LogP contribution in [0.2, 0.25) is 0 Å². The molecule has 1 amide bonds. The average molecular weight is 210 g/mol. The van der Waals surface area contributed by atoms with Crippen LogP contribution in [-0.2, 0) is 9.59 Å². The summed E-state index contributed by atoms with van der Waals surface area (Å²) in [5.41, 5.74) is 0. The number of hydrogen-bond acceptors (Lipinski definition) is 3. The number of amides is 1. The highest BCUT2D eigenvalue weighted by Crippen LogP contribution is 2.29. The molecule has 1 rings (SSSR count). The number of nitrogens with one attached hydrogen (secondary N) is 1. The van der Waals surface area contributed by atoms with Gasteiger partial charge in [-0.25, -0.2) is 0 Å². The van der Waals surface area contributed by atoms with E-state index in [1.54, 1.807) is 6.08 Å². The average Bonchev–Trinajstić information content (AvgIpc) is 2.25. The van der Waals surface area contributed by atoms with Gasteiger partial charge in [-0.1, -0.05) is 18.9 Å². The molecule has 0 spiro atoms. The van der Waals surface area contributed by atoms with Crippen molar-refractivity contribution in [2.75, 3.05) is 6.54 Å². The smallest absolute Gasteiger partial charge is 0.224 e. The maximum Gasteiger partial charge on any atom is 0.224 e. The van der Waals surface area contributed by atoms with E-state index in [0.717, 1.165) is 12.8 Å². The minimum Gasteiger partial charge on any atom is -0.550 e. The molecule has 4 nitrogen and oxygen atoms in total. The Labute approximate surface area is 89.4 Å². The summed E-state index contributed by atoms with van der Waals surface area (Å²) in [6.45, 7) is 3.87. The second-order valence-corrected chi connectivity index (χ2v) is 3.85. The third-order valence-electron chi connectivity index (χ3n) is 2.83. The van der Waals surface area contributed by atoms with Gasteiger partial charge in [-0.15, -0.1) is 6.58 Å². The summed E-state index contributed by atoms with van der Waals surface area (Å²) < 4.78 is 0. The molecule has 0 saturated heterocycles. The van der Waals surface area contributed by atoms with Gasteiger partial charge in [0.25, 0.3) is 0 Å². The van der Waals surface area contributed by atoms with Crippen LogP contribution >= 0.6 is 0 Å². The van der Waals surface area contributed by atoms with Crippen molar-refractivity contribution in [3.8, 4) is 0 Å². The molecule has 84 valence electrons. The standard InChI is InChI=1S/C11H17NO3/c1-2-7-12-10(13)8-5-3-4-6-9(8)11(14)15/h2,8-9H,1,3-7H2,(H,12,13)(H,14,15)/p-1/t8-,9+/m1/s1. The fraction of sp³-hybridized carbons (Fsp3) is 0.636. The molecule has 0 aromatic heterocycles. The molecule has 1 aliphatic rings. The van der Waals surface area contributed by atoms with Gasteiger partial charge in [-0.3, -0.25) is 4.79 Å². The normalized spacial score (nSPS) is 25.6. The highest BCUT2D eigenvalue weighted by atomic mass is 16.4. The first kappa shape index (κ1) is 11.8. The zero-order valence-corrected chi connectivity index (χ0v) is 8.70. The Morgan fingerprint density at radius 3 is 2.47 bits per heavy atom. The molecule has 1 saturated carbocycles. The van der Waals surface area contributed by atoms with Crippen LogP contribution in [0.25, 0.3) is 0 Å². The van der Waals surface area contributed by atoms with Crippen LogP contribution in [0.5, 0.6) is 0 Å². The predicted octanol–water partition coefficient (Wildman–Crippen LogP) is -0.155. The molecule has 0 bridgehead atoms. The van der Waals surface area contributed by atoms with Crippen molar-refractivity contribution >= 4 is 11.9 Å². The van der Waals surface area contributed by atoms with Crippen LogP contribution in [0, 0.1) is 11.8 Å². The molecule has 15 heavy (non-hydrogen) atoms. The van der Waals surface area contributed by atoms with Crippen LogP contribution in [-0.4, -0.2) is 18.4 Å². The molecular formula is C11H16NO3-. The third-order valence-corrected chi connectivity index (χ3v) is 2.83. The number of carboxylic acids is 1. The van der Waals surface area contributed by atoms with Crippen LogP contribution in [0.3, 0.4) is 0 Å². The second kappa shape index (κ2) is 5.53. The lowest BCUT2D eigenvalue weighted by Gasteiger charge is -2.30. The van der Waals surface area contributed by atoms with Crippen LogP contribution < -0.4 is 10.4 Å². The lowest BCUT2D eigenvalue weighted by molar-refractivity contribution is -0.314. The molecule has 0 heterocycles. The van der Waals surface area contributed by atoms with E-state index in [4.69, 9.17) is 0 Å². The van der Waals surface area contributed by atoms with E-state index in [1.165, 1.54) is 0 Å². The fourth-order valence-corrected chi connectivity index (χ4v) is 2.03. The Hall–Kier alpha value is -1.32. The number of aliphatic carboxylic acids is 1. The van der Waals surface area contributed by atoms with Crippen LogP contribution in [0.15, 0.2) is 12.7 Å². The minimum atomic E-state index is -1.10. The first-order valence-corrected chi connectivity index (χ1v) is 5.26. The molecule has 0 aliphatic heterocycles.